The minimum absolute atomic E-state index is 0.109. The maximum Gasteiger partial charge on any atom is 0.281 e. The third-order valence-corrected chi connectivity index (χ3v) is 4.25. The van der Waals surface area contributed by atoms with Gasteiger partial charge in [-0.05, 0) is 18.8 Å². The molecule has 1 atom stereocenters. The van der Waals surface area contributed by atoms with Crippen LogP contribution in [0.25, 0.3) is 0 Å². The van der Waals surface area contributed by atoms with Crippen LogP contribution in [0, 0.1) is 5.92 Å². The average Bonchev–Trinajstić information content (AvgIpc) is 2.13. The predicted octanol–water partition coefficient (Wildman–Crippen LogP) is 1.78. The monoisotopic (exact) mass is 235 g/mol. The molecule has 0 saturated heterocycles. The summed E-state index contributed by atoms with van der Waals surface area (Å²) in [6.45, 7) is 3.60. The van der Waals surface area contributed by atoms with Crippen molar-refractivity contribution in [1.29, 1.82) is 0 Å². The summed E-state index contributed by atoms with van der Waals surface area (Å²) in [5.41, 5.74) is 0. The van der Waals surface area contributed by atoms with Gasteiger partial charge in [-0.25, -0.2) is 0 Å². The van der Waals surface area contributed by atoms with Gasteiger partial charge in [0.15, 0.2) is 0 Å². The van der Waals surface area contributed by atoms with E-state index in [1.807, 2.05) is 0 Å². The Bertz CT molecular complexity index is 281. The number of rotatable bonds is 4. The standard InChI is InChI=1S/C10H21NO3S/c1-8(2)10(15(12,13)14)11-9-6-4-3-5-7-9/h8-11H,3-7H2,1-2H3,(H,12,13,14). The van der Waals surface area contributed by atoms with Crippen LogP contribution in [-0.2, 0) is 10.1 Å². The molecular formula is C10H21NO3S. The lowest BCUT2D eigenvalue weighted by Gasteiger charge is -2.28. The van der Waals surface area contributed by atoms with Crippen molar-refractivity contribution >= 4 is 10.1 Å². The van der Waals surface area contributed by atoms with Crippen molar-refractivity contribution in [3.8, 4) is 0 Å². The molecule has 1 fully saturated rings. The summed E-state index contributed by atoms with van der Waals surface area (Å²) in [4.78, 5) is 0. The summed E-state index contributed by atoms with van der Waals surface area (Å²) >= 11 is 0. The molecule has 4 nitrogen and oxygen atoms in total. The van der Waals surface area contributed by atoms with Gasteiger partial charge in [-0.2, -0.15) is 8.42 Å². The van der Waals surface area contributed by atoms with E-state index in [-0.39, 0.29) is 12.0 Å². The fraction of sp³-hybridized carbons (Fsp3) is 1.00. The molecule has 0 amide bonds. The van der Waals surface area contributed by atoms with Gasteiger partial charge < -0.3 is 0 Å². The van der Waals surface area contributed by atoms with E-state index >= 15 is 0 Å². The molecule has 2 N–H and O–H groups in total. The van der Waals surface area contributed by atoms with Gasteiger partial charge in [0, 0.05) is 6.04 Å². The van der Waals surface area contributed by atoms with E-state index < -0.39 is 15.5 Å². The van der Waals surface area contributed by atoms with Crippen molar-refractivity contribution in [2.24, 2.45) is 5.92 Å². The lowest BCUT2D eigenvalue weighted by atomic mass is 9.95. The summed E-state index contributed by atoms with van der Waals surface area (Å²) in [7, 11) is -3.97. The van der Waals surface area contributed by atoms with Crippen molar-refractivity contribution < 1.29 is 13.0 Å². The first-order chi connectivity index (χ1) is 6.91. The van der Waals surface area contributed by atoms with Crippen LogP contribution in [0.2, 0.25) is 0 Å². The van der Waals surface area contributed by atoms with E-state index in [9.17, 15) is 8.42 Å². The Kier molecular flexibility index (Phi) is 4.55. The topological polar surface area (TPSA) is 66.4 Å². The molecule has 1 aliphatic rings. The van der Waals surface area contributed by atoms with Crippen molar-refractivity contribution in [2.75, 3.05) is 0 Å². The van der Waals surface area contributed by atoms with E-state index in [1.165, 1.54) is 6.42 Å². The zero-order valence-electron chi connectivity index (χ0n) is 9.44. The highest BCUT2D eigenvalue weighted by molar-refractivity contribution is 7.86. The van der Waals surface area contributed by atoms with Crippen LogP contribution in [0.5, 0.6) is 0 Å². The quantitative estimate of drug-likeness (QED) is 0.729. The van der Waals surface area contributed by atoms with Gasteiger partial charge in [-0.15, -0.1) is 0 Å². The predicted molar refractivity (Wildman–Crippen MR) is 60.2 cm³/mol. The van der Waals surface area contributed by atoms with Crippen LogP contribution in [0.3, 0.4) is 0 Å². The number of nitrogens with one attached hydrogen (secondary N) is 1. The van der Waals surface area contributed by atoms with E-state index in [2.05, 4.69) is 5.32 Å². The highest BCUT2D eigenvalue weighted by atomic mass is 32.2. The molecule has 1 unspecified atom stereocenters. The van der Waals surface area contributed by atoms with Gasteiger partial charge in [0.05, 0.1) is 0 Å². The van der Waals surface area contributed by atoms with Gasteiger partial charge in [-0.3, -0.25) is 9.87 Å². The number of hydrogen-bond acceptors (Lipinski definition) is 3. The minimum Gasteiger partial charge on any atom is -0.296 e. The van der Waals surface area contributed by atoms with Gasteiger partial charge in [0.25, 0.3) is 10.1 Å². The number of hydrogen-bond donors (Lipinski definition) is 2. The maximum absolute atomic E-state index is 11.1. The molecule has 90 valence electrons. The third kappa shape index (κ3) is 4.09. The van der Waals surface area contributed by atoms with Crippen LogP contribution in [0.1, 0.15) is 46.0 Å². The minimum atomic E-state index is -3.97. The van der Waals surface area contributed by atoms with Gasteiger partial charge >= 0.3 is 0 Å². The highest BCUT2D eigenvalue weighted by Crippen LogP contribution is 2.20. The maximum atomic E-state index is 11.1. The molecule has 15 heavy (non-hydrogen) atoms. The first kappa shape index (κ1) is 12.9. The fourth-order valence-electron chi connectivity index (χ4n) is 2.12. The van der Waals surface area contributed by atoms with Crippen molar-refractivity contribution in [3.05, 3.63) is 0 Å². The Morgan fingerprint density at radius 1 is 1.20 bits per heavy atom. The summed E-state index contributed by atoms with van der Waals surface area (Å²) in [6, 6.07) is 0.244. The van der Waals surface area contributed by atoms with Crippen LogP contribution in [-0.4, -0.2) is 24.4 Å². The lowest BCUT2D eigenvalue weighted by molar-refractivity contribution is 0.323. The van der Waals surface area contributed by atoms with Crippen molar-refractivity contribution in [1.82, 2.24) is 5.32 Å². The van der Waals surface area contributed by atoms with Crippen LogP contribution in [0.15, 0.2) is 0 Å². The molecule has 0 spiro atoms. The third-order valence-electron chi connectivity index (χ3n) is 2.93. The molecule has 5 heteroatoms. The molecular weight excluding hydrogens is 214 g/mol. The Morgan fingerprint density at radius 3 is 2.13 bits per heavy atom. The lowest BCUT2D eigenvalue weighted by Crippen LogP contribution is -2.46. The Balaban J connectivity index is 2.58. The van der Waals surface area contributed by atoms with Crippen LogP contribution < -0.4 is 5.32 Å². The molecule has 0 aromatic rings. The molecule has 0 bridgehead atoms. The van der Waals surface area contributed by atoms with Crippen molar-refractivity contribution in [2.45, 2.75) is 57.4 Å². The first-order valence-corrected chi connectivity index (χ1v) is 7.14. The summed E-state index contributed by atoms with van der Waals surface area (Å²) in [5.74, 6) is -0.109. The normalized spacial score (nSPS) is 21.9. The SMILES string of the molecule is CC(C)C(NC1CCCCC1)S(=O)(=O)O. The molecule has 0 radical (unpaired) electrons. The van der Waals surface area contributed by atoms with Crippen LogP contribution in [0.4, 0.5) is 0 Å². The molecule has 1 rings (SSSR count). The van der Waals surface area contributed by atoms with E-state index in [0.717, 1.165) is 25.7 Å². The Hall–Kier alpha value is -0.130. The Labute approximate surface area is 92.2 Å². The molecule has 0 aromatic heterocycles. The second-order valence-electron chi connectivity index (χ2n) is 4.68. The zero-order chi connectivity index (χ0) is 11.5. The second-order valence-corrected chi connectivity index (χ2v) is 6.22. The van der Waals surface area contributed by atoms with E-state index in [0.29, 0.717) is 0 Å². The molecule has 0 aliphatic heterocycles. The summed E-state index contributed by atoms with van der Waals surface area (Å²) in [5, 5.41) is 2.24. The van der Waals surface area contributed by atoms with Gasteiger partial charge in [-0.1, -0.05) is 33.1 Å². The van der Waals surface area contributed by atoms with Gasteiger partial charge in [0.1, 0.15) is 5.37 Å². The van der Waals surface area contributed by atoms with Crippen molar-refractivity contribution in [3.63, 3.8) is 0 Å². The largest absolute Gasteiger partial charge is 0.296 e. The zero-order valence-corrected chi connectivity index (χ0v) is 10.3. The molecule has 1 aliphatic carbocycles. The first-order valence-electron chi connectivity index (χ1n) is 5.63. The van der Waals surface area contributed by atoms with E-state index in [4.69, 9.17) is 4.55 Å². The summed E-state index contributed by atoms with van der Waals surface area (Å²) in [6.07, 6.45) is 5.55. The highest BCUT2D eigenvalue weighted by Gasteiger charge is 2.29. The molecule has 0 heterocycles. The van der Waals surface area contributed by atoms with Gasteiger partial charge in [0.2, 0.25) is 0 Å². The summed E-state index contributed by atoms with van der Waals surface area (Å²) < 4.78 is 31.4. The molecule has 1 saturated carbocycles. The fourth-order valence-corrected chi connectivity index (χ4v) is 3.18. The molecule has 0 aromatic carbocycles. The average molecular weight is 235 g/mol. The smallest absolute Gasteiger partial charge is 0.281 e. The Morgan fingerprint density at radius 2 is 1.73 bits per heavy atom. The second kappa shape index (κ2) is 5.27. The van der Waals surface area contributed by atoms with Crippen LogP contribution >= 0.6 is 0 Å². The van der Waals surface area contributed by atoms with E-state index in [1.54, 1.807) is 13.8 Å².